The molecule has 0 saturated carbocycles. The van der Waals surface area contributed by atoms with Crippen LogP contribution < -0.4 is 77.4 Å². The zero-order valence-electron chi connectivity index (χ0n) is 44.4. The first-order valence-corrected chi connectivity index (χ1v) is 26.9. The number of nitrogens with zero attached hydrogens (tertiary/aromatic N) is 3. The molecule has 2 rings (SSSR count). The van der Waals surface area contributed by atoms with Crippen molar-refractivity contribution < 1.29 is 58.2 Å². The maximum absolute atomic E-state index is 14.3. The minimum atomic E-state index is -1.66. The van der Waals surface area contributed by atoms with E-state index in [1.807, 2.05) is 0 Å². The summed E-state index contributed by atoms with van der Waals surface area (Å²) in [7, 11) is 0. The Bertz CT molecular complexity index is 2240. The molecule has 9 atom stereocenters. The lowest BCUT2D eigenvalue weighted by molar-refractivity contribution is -0.143. The zero-order chi connectivity index (χ0) is 58.5. The maximum Gasteiger partial charge on any atom is 0.245 e. The molecule has 29 nitrogen and oxygen atoms in total. The number of hydrogen-bond donors (Lipinski definition) is 16. The number of nitrogens with one attached hydrogen (secondary N) is 7. The van der Waals surface area contributed by atoms with Crippen molar-refractivity contribution >= 4 is 82.8 Å². The number of rotatable bonds is 36. The van der Waals surface area contributed by atoms with Crippen molar-refractivity contribution in [1.29, 1.82) is 0 Å². The molecule has 10 amide bonds. The minimum absolute atomic E-state index is 0.0105. The summed E-state index contributed by atoms with van der Waals surface area (Å²) in [4.78, 5) is 144. The Kier molecular flexibility index (Phi) is 30.1. The highest BCUT2D eigenvalue weighted by molar-refractivity contribution is 7.98. The van der Waals surface area contributed by atoms with Gasteiger partial charge < -0.3 is 92.5 Å². The van der Waals surface area contributed by atoms with Gasteiger partial charge in [0.1, 0.15) is 54.4 Å². The lowest BCUT2D eigenvalue weighted by atomic mass is 10.0. The average molecular weight is 1120 g/mol. The number of thioether (sulfide) groups is 1. The number of aliphatic hydroxyl groups excluding tert-OH is 2. The number of primary amides is 2. The van der Waals surface area contributed by atoms with Crippen LogP contribution in [0.25, 0.3) is 0 Å². The number of hydrogen-bond acceptors (Lipinski definition) is 16. The Labute approximate surface area is 457 Å². The van der Waals surface area contributed by atoms with Crippen LogP contribution >= 0.6 is 11.8 Å². The van der Waals surface area contributed by atoms with E-state index in [2.05, 4.69) is 47.2 Å². The number of nitrogens with two attached hydrogens (primary N) is 7. The first-order chi connectivity index (χ1) is 36.9. The second kappa shape index (κ2) is 35.2. The fourth-order valence-corrected chi connectivity index (χ4v) is 8.53. The first-order valence-electron chi connectivity index (χ1n) is 25.5. The van der Waals surface area contributed by atoms with Crippen molar-refractivity contribution in [1.82, 2.24) is 42.1 Å². The van der Waals surface area contributed by atoms with E-state index in [-0.39, 0.29) is 102 Å². The predicted molar refractivity (Wildman–Crippen MR) is 290 cm³/mol. The summed E-state index contributed by atoms with van der Waals surface area (Å²) in [5.74, 6) is -8.70. The summed E-state index contributed by atoms with van der Waals surface area (Å²) in [6.07, 6.45) is 1.92. The molecule has 1 aromatic rings. The highest BCUT2D eigenvalue weighted by Crippen LogP contribution is 2.20. The molecule has 1 saturated heterocycles. The monoisotopic (exact) mass is 1120 g/mol. The van der Waals surface area contributed by atoms with Gasteiger partial charge in [0.25, 0.3) is 0 Å². The molecule has 9 unspecified atom stereocenters. The quantitative estimate of drug-likeness (QED) is 0.0169. The van der Waals surface area contributed by atoms with Crippen LogP contribution in [0.5, 0.6) is 0 Å². The molecular weight excluding hydrogens is 1040 g/mol. The molecule has 0 aliphatic carbocycles. The second-order valence-electron chi connectivity index (χ2n) is 19.0. The van der Waals surface area contributed by atoms with E-state index in [4.69, 9.17) is 40.1 Å². The van der Waals surface area contributed by atoms with Crippen LogP contribution in [-0.2, 0) is 54.4 Å². The summed E-state index contributed by atoms with van der Waals surface area (Å²) in [5, 5.41) is 37.7. The van der Waals surface area contributed by atoms with E-state index in [0.29, 0.717) is 17.7 Å². The molecule has 0 radical (unpaired) electrons. The fourth-order valence-electron chi connectivity index (χ4n) is 8.06. The lowest BCUT2D eigenvalue weighted by Crippen LogP contribution is -2.61. The molecule has 1 aliphatic heterocycles. The van der Waals surface area contributed by atoms with Crippen LogP contribution in [0.2, 0.25) is 0 Å². The molecule has 78 heavy (non-hydrogen) atoms. The van der Waals surface area contributed by atoms with Crippen molar-refractivity contribution in [3.8, 4) is 0 Å². The number of amides is 10. The zero-order valence-corrected chi connectivity index (χ0v) is 45.3. The standard InChI is InChI=1S/C48H81N17O12S/c1-26(2)22-34(43(74)59-29(12-7-18-56-47(52)53)40(71)62-33(38(51)69)23-27-10-5-4-6-11-27)63-41(72)30(13-8-19-57-48(54)55)58-42(73)31(17-21-78-3)60-44(75)35(25-67)64-45(76)36-14-9-20-65(36)46(77)32(15-16-37(50)68)61-39(70)28(49)24-66/h4-6,10-11,26,28-36,66-67H,7-9,12-25,49H2,1-3H3,(H2,50,68)(H2,51,69)(H,58,73)(H,59,74)(H,60,75)(H,61,70)(H,62,71)(H,63,72)(H,64,76)(H4,52,53,56)(H4,54,55,57). The minimum Gasteiger partial charge on any atom is -0.394 e. The number of guanidine groups is 2. The van der Waals surface area contributed by atoms with Gasteiger partial charge >= 0.3 is 0 Å². The molecule has 23 N–H and O–H groups in total. The van der Waals surface area contributed by atoms with E-state index >= 15 is 0 Å². The number of benzene rings is 1. The molecule has 1 aromatic carbocycles. The number of aliphatic hydroxyl groups is 2. The third kappa shape index (κ3) is 24.3. The molecule has 0 spiro atoms. The Balaban J connectivity index is 2.39. The van der Waals surface area contributed by atoms with Gasteiger partial charge in [0.05, 0.1) is 13.2 Å². The van der Waals surface area contributed by atoms with Crippen LogP contribution in [0.4, 0.5) is 0 Å². The van der Waals surface area contributed by atoms with Crippen LogP contribution in [0.15, 0.2) is 40.3 Å². The van der Waals surface area contributed by atoms with Crippen LogP contribution in [0.3, 0.4) is 0 Å². The van der Waals surface area contributed by atoms with Crippen molar-refractivity contribution in [2.45, 2.75) is 139 Å². The van der Waals surface area contributed by atoms with Gasteiger partial charge in [0.2, 0.25) is 59.1 Å². The SMILES string of the molecule is CSCCC(NC(=O)C(CO)NC(=O)C1CCCN1C(=O)C(CCC(N)=O)NC(=O)C(N)CO)C(=O)NC(CCCN=C(N)N)C(=O)NC(CC(C)C)C(=O)NC(CCCN=C(N)N)C(=O)NC(Cc1ccccc1)C(N)=O. The summed E-state index contributed by atoms with van der Waals surface area (Å²) < 4.78 is 0. The molecule has 1 fully saturated rings. The van der Waals surface area contributed by atoms with Crippen molar-refractivity contribution in [3.63, 3.8) is 0 Å². The van der Waals surface area contributed by atoms with Crippen LogP contribution in [0.1, 0.15) is 83.6 Å². The van der Waals surface area contributed by atoms with E-state index in [9.17, 15) is 58.2 Å². The van der Waals surface area contributed by atoms with Gasteiger partial charge in [-0.05, 0) is 81.3 Å². The average Bonchev–Trinajstić information content (AvgIpc) is 3.89. The molecular formula is C48H81N17O12S. The number of carbonyl (C=O) groups excluding carboxylic acids is 10. The third-order valence-corrected chi connectivity index (χ3v) is 12.8. The van der Waals surface area contributed by atoms with E-state index in [1.54, 1.807) is 50.4 Å². The van der Waals surface area contributed by atoms with Gasteiger partial charge in [-0.2, -0.15) is 11.8 Å². The van der Waals surface area contributed by atoms with E-state index in [1.165, 1.54) is 11.8 Å². The predicted octanol–water partition coefficient (Wildman–Crippen LogP) is -6.42. The van der Waals surface area contributed by atoms with E-state index < -0.39 is 127 Å². The number of aliphatic imine (C=N–C) groups is 2. The molecule has 1 heterocycles. The first kappa shape index (κ1) is 66.8. The largest absolute Gasteiger partial charge is 0.394 e. The Morgan fingerprint density at radius 2 is 1.12 bits per heavy atom. The number of carbonyl (C=O) groups is 10. The Morgan fingerprint density at radius 1 is 0.628 bits per heavy atom. The van der Waals surface area contributed by atoms with Crippen molar-refractivity contribution in [3.05, 3.63) is 35.9 Å². The molecule has 436 valence electrons. The second-order valence-corrected chi connectivity index (χ2v) is 20.0. The highest BCUT2D eigenvalue weighted by Gasteiger charge is 2.40. The summed E-state index contributed by atoms with van der Waals surface area (Å²) >= 11 is 1.32. The lowest BCUT2D eigenvalue weighted by Gasteiger charge is -2.30. The van der Waals surface area contributed by atoms with Crippen LogP contribution in [-0.4, -0.2) is 185 Å². The Morgan fingerprint density at radius 3 is 1.59 bits per heavy atom. The van der Waals surface area contributed by atoms with Gasteiger partial charge in [-0.3, -0.25) is 57.9 Å². The van der Waals surface area contributed by atoms with Crippen molar-refractivity contribution in [2.24, 2.45) is 56.0 Å². The van der Waals surface area contributed by atoms with E-state index in [0.717, 1.165) is 4.90 Å². The number of likely N-dealkylation sites (tertiary alicyclic amines) is 1. The maximum atomic E-state index is 14.3. The van der Waals surface area contributed by atoms with Gasteiger partial charge in [0, 0.05) is 32.5 Å². The highest BCUT2D eigenvalue weighted by atomic mass is 32.2. The van der Waals surface area contributed by atoms with Gasteiger partial charge in [0.15, 0.2) is 11.9 Å². The topological polar surface area (TPSA) is 505 Å². The summed E-state index contributed by atoms with van der Waals surface area (Å²) in [6, 6.07) is -3.31. The molecule has 0 bridgehead atoms. The Hall–Kier alpha value is -7.31. The van der Waals surface area contributed by atoms with Crippen LogP contribution in [0, 0.1) is 5.92 Å². The van der Waals surface area contributed by atoms with Gasteiger partial charge in [-0.25, -0.2) is 0 Å². The summed E-state index contributed by atoms with van der Waals surface area (Å²) in [5.41, 5.74) is 39.3. The third-order valence-electron chi connectivity index (χ3n) is 12.2. The summed E-state index contributed by atoms with van der Waals surface area (Å²) in [6.45, 7) is 2.02. The normalized spacial score (nSPS) is 16.0. The molecule has 0 aromatic heterocycles. The van der Waals surface area contributed by atoms with Gasteiger partial charge in [-0.15, -0.1) is 0 Å². The van der Waals surface area contributed by atoms with Gasteiger partial charge in [-0.1, -0.05) is 44.2 Å². The molecule has 30 heteroatoms. The molecule has 1 aliphatic rings. The van der Waals surface area contributed by atoms with Crippen molar-refractivity contribution in [2.75, 3.05) is 44.9 Å². The fraction of sp³-hybridized carbons (Fsp3) is 0.625. The smallest absolute Gasteiger partial charge is 0.245 e.